The standard InChI is InChI=1S/C15H20N2O3/c1-11-4-6-12(7-5-11)15(20)16-9-14(19)17-8-2-3-13(18)10-17/h4-7,13,18H,2-3,8-10H2,1H3,(H,16,20). The molecule has 0 saturated carbocycles. The summed E-state index contributed by atoms with van der Waals surface area (Å²) in [5.74, 6) is -0.403. The molecule has 1 aliphatic rings. The smallest absolute Gasteiger partial charge is 0.251 e. The molecule has 5 nitrogen and oxygen atoms in total. The molecule has 1 unspecified atom stereocenters. The van der Waals surface area contributed by atoms with Crippen LogP contribution in [0.3, 0.4) is 0 Å². The highest BCUT2D eigenvalue weighted by Gasteiger charge is 2.22. The Kier molecular flexibility index (Phi) is 4.74. The highest BCUT2D eigenvalue weighted by atomic mass is 16.3. The number of likely N-dealkylation sites (tertiary alicyclic amines) is 1. The SMILES string of the molecule is Cc1ccc(C(=O)NCC(=O)N2CCCC(O)C2)cc1. The van der Waals surface area contributed by atoms with E-state index < -0.39 is 6.10 Å². The molecular weight excluding hydrogens is 256 g/mol. The van der Waals surface area contributed by atoms with Crippen molar-refractivity contribution in [1.29, 1.82) is 0 Å². The Labute approximate surface area is 118 Å². The Bertz CT molecular complexity index is 484. The van der Waals surface area contributed by atoms with Crippen molar-refractivity contribution in [2.45, 2.75) is 25.9 Å². The summed E-state index contributed by atoms with van der Waals surface area (Å²) in [4.78, 5) is 25.4. The predicted octanol–water partition coefficient (Wildman–Crippen LogP) is 0.708. The second-order valence-corrected chi connectivity index (χ2v) is 5.18. The molecule has 2 N–H and O–H groups in total. The molecule has 2 rings (SSSR count). The van der Waals surface area contributed by atoms with Crippen LogP contribution in [0.5, 0.6) is 0 Å². The first-order valence-electron chi connectivity index (χ1n) is 6.87. The van der Waals surface area contributed by atoms with E-state index in [4.69, 9.17) is 0 Å². The lowest BCUT2D eigenvalue weighted by Gasteiger charge is -2.30. The third kappa shape index (κ3) is 3.81. The van der Waals surface area contributed by atoms with Gasteiger partial charge in [0.15, 0.2) is 0 Å². The summed E-state index contributed by atoms with van der Waals surface area (Å²) >= 11 is 0. The van der Waals surface area contributed by atoms with Crippen LogP contribution < -0.4 is 5.32 Å². The van der Waals surface area contributed by atoms with Crippen molar-refractivity contribution in [2.75, 3.05) is 19.6 Å². The summed E-state index contributed by atoms with van der Waals surface area (Å²) in [7, 11) is 0. The zero-order valence-corrected chi connectivity index (χ0v) is 11.6. The predicted molar refractivity (Wildman–Crippen MR) is 75.3 cm³/mol. The third-order valence-corrected chi connectivity index (χ3v) is 3.46. The van der Waals surface area contributed by atoms with Crippen molar-refractivity contribution >= 4 is 11.8 Å². The topological polar surface area (TPSA) is 69.6 Å². The summed E-state index contributed by atoms with van der Waals surface area (Å²) in [6.45, 7) is 2.93. The van der Waals surface area contributed by atoms with Crippen LogP contribution in [0, 0.1) is 6.92 Å². The van der Waals surface area contributed by atoms with E-state index in [-0.39, 0.29) is 18.4 Å². The maximum atomic E-state index is 11.9. The van der Waals surface area contributed by atoms with E-state index in [9.17, 15) is 14.7 Å². The quantitative estimate of drug-likeness (QED) is 0.854. The van der Waals surface area contributed by atoms with Crippen LogP contribution in [0.25, 0.3) is 0 Å². The molecule has 0 aromatic heterocycles. The molecule has 1 fully saturated rings. The number of aliphatic hydroxyl groups is 1. The summed E-state index contributed by atoms with van der Waals surface area (Å²) in [5.41, 5.74) is 1.63. The number of hydrogen-bond acceptors (Lipinski definition) is 3. The molecule has 0 bridgehead atoms. The Balaban J connectivity index is 1.83. The fraction of sp³-hybridized carbons (Fsp3) is 0.467. The van der Waals surface area contributed by atoms with Gasteiger partial charge in [0.25, 0.3) is 5.91 Å². The number of amides is 2. The van der Waals surface area contributed by atoms with Crippen molar-refractivity contribution in [3.05, 3.63) is 35.4 Å². The van der Waals surface area contributed by atoms with Crippen LogP contribution in [0.15, 0.2) is 24.3 Å². The number of β-amino-alcohol motifs (C(OH)–C–C–N with tert-alkyl or cyclic N) is 1. The van der Waals surface area contributed by atoms with E-state index in [1.165, 1.54) is 0 Å². The van der Waals surface area contributed by atoms with Crippen molar-refractivity contribution in [3.8, 4) is 0 Å². The monoisotopic (exact) mass is 276 g/mol. The molecule has 1 atom stereocenters. The highest BCUT2D eigenvalue weighted by molar-refractivity contribution is 5.96. The van der Waals surface area contributed by atoms with Crippen molar-refractivity contribution in [1.82, 2.24) is 10.2 Å². The van der Waals surface area contributed by atoms with Gasteiger partial charge in [-0.1, -0.05) is 17.7 Å². The molecule has 1 aromatic carbocycles. The number of hydrogen-bond donors (Lipinski definition) is 2. The van der Waals surface area contributed by atoms with Crippen LogP contribution in [0.4, 0.5) is 0 Å². The van der Waals surface area contributed by atoms with Gasteiger partial charge in [-0.3, -0.25) is 9.59 Å². The molecular formula is C15H20N2O3. The maximum Gasteiger partial charge on any atom is 0.251 e. The van der Waals surface area contributed by atoms with Gasteiger partial charge in [-0.2, -0.15) is 0 Å². The van der Waals surface area contributed by atoms with Gasteiger partial charge in [0.2, 0.25) is 5.91 Å². The lowest BCUT2D eigenvalue weighted by Crippen LogP contribution is -2.46. The fourth-order valence-corrected chi connectivity index (χ4v) is 2.26. The minimum absolute atomic E-state index is 0.0283. The lowest BCUT2D eigenvalue weighted by atomic mass is 10.1. The van der Waals surface area contributed by atoms with Gasteiger partial charge in [0.05, 0.1) is 12.6 Å². The first-order valence-corrected chi connectivity index (χ1v) is 6.87. The van der Waals surface area contributed by atoms with Gasteiger partial charge in [-0.25, -0.2) is 0 Å². The number of piperidine rings is 1. The number of carbonyl (C=O) groups is 2. The normalized spacial score (nSPS) is 18.7. The first-order chi connectivity index (χ1) is 9.56. The maximum absolute atomic E-state index is 11.9. The van der Waals surface area contributed by atoms with Crippen LogP contribution in [0.2, 0.25) is 0 Å². The first kappa shape index (κ1) is 14.5. The molecule has 108 valence electrons. The minimum Gasteiger partial charge on any atom is -0.391 e. The molecule has 0 aliphatic carbocycles. The van der Waals surface area contributed by atoms with E-state index in [0.29, 0.717) is 18.7 Å². The summed E-state index contributed by atoms with van der Waals surface area (Å²) in [6, 6.07) is 7.19. The molecule has 20 heavy (non-hydrogen) atoms. The molecule has 0 radical (unpaired) electrons. The average Bonchev–Trinajstić information content (AvgIpc) is 2.45. The van der Waals surface area contributed by atoms with Crippen LogP contribution in [-0.2, 0) is 4.79 Å². The molecule has 2 amide bonds. The Morgan fingerprint density at radius 2 is 2.05 bits per heavy atom. The van der Waals surface area contributed by atoms with Gasteiger partial charge < -0.3 is 15.3 Å². The third-order valence-electron chi connectivity index (χ3n) is 3.46. The number of aryl methyl sites for hydroxylation is 1. The molecule has 1 aromatic rings. The number of nitrogens with zero attached hydrogens (tertiary/aromatic N) is 1. The number of benzene rings is 1. The largest absolute Gasteiger partial charge is 0.391 e. The average molecular weight is 276 g/mol. The zero-order valence-electron chi connectivity index (χ0n) is 11.6. The summed E-state index contributed by atoms with van der Waals surface area (Å²) < 4.78 is 0. The Morgan fingerprint density at radius 3 is 2.70 bits per heavy atom. The number of aliphatic hydroxyl groups excluding tert-OH is 1. The Morgan fingerprint density at radius 1 is 1.35 bits per heavy atom. The molecule has 1 aliphatic heterocycles. The Hall–Kier alpha value is -1.88. The van der Waals surface area contributed by atoms with E-state index in [1.54, 1.807) is 17.0 Å². The second-order valence-electron chi connectivity index (χ2n) is 5.18. The van der Waals surface area contributed by atoms with Crippen molar-refractivity contribution in [3.63, 3.8) is 0 Å². The second kappa shape index (κ2) is 6.52. The fourth-order valence-electron chi connectivity index (χ4n) is 2.26. The minimum atomic E-state index is -0.444. The van der Waals surface area contributed by atoms with E-state index in [0.717, 1.165) is 18.4 Å². The summed E-state index contributed by atoms with van der Waals surface area (Å²) in [6.07, 6.45) is 1.10. The lowest BCUT2D eigenvalue weighted by molar-refractivity contribution is -0.133. The van der Waals surface area contributed by atoms with Crippen LogP contribution in [0.1, 0.15) is 28.8 Å². The number of nitrogens with one attached hydrogen (secondary N) is 1. The zero-order chi connectivity index (χ0) is 14.5. The van der Waals surface area contributed by atoms with Gasteiger partial charge in [-0.05, 0) is 31.9 Å². The van der Waals surface area contributed by atoms with Crippen LogP contribution >= 0.6 is 0 Å². The summed E-state index contributed by atoms with van der Waals surface area (Å²) in [5, 5.41) is 12.1. The van der Waals surface area contributed by atoms with E-state index in [2.05, 4.69) is 5.32 Å². The molecule has 1 saturated heterocycles. The molecule has 5 heteroatoms. The molecule has 0 spiro atoms. The molecule has 1 heterocycles. The van der Waals surface area contributed by atoms with Gasteiger partial charge in [0, 0.05) is 18.7 Å². The van der Waals surface area contributed by atoms with Gasteiger partial charge in [0.1, 0.15) is 0 Å². The van der Waals surface area contributed by atoms with E-state index >= 15 is 0 Å². The number of carbonyl (C=O) groups excluding carboxylic acids is 2. The number of rotatable bonds is 3. The van der Waals surface area contributed by atoms with Crippen molar-refractivity contribution < 1.29 is 14.7 Å². The van der Waals surface area contributed by atoms with Gasteiger partial charge >= 0.3 is 0 Å². The van der Waals surface area contributed by atoms with Crippen molar-refractivity contribution in [2.24, 2.45) is 0 Å². The highest BCUT2D eigenvalue weighted by Crippen LogP contribution is 2.09. The van der Waals surface area contributed by atoms with Gasteiger partial charge in [-0.15, -0.1) is 0 Å². The van der Waals surface area contributed by atoms with E-state index in [1.807, 2.05) is 19.1 Å². The van der Waals surface area contributed by atoms with Crippen LogP contribution in [-0.4, -0.2) is 47.6 Å².